The number of hydrogen-bond donors (Lipinski definition) is 0. The zero-order chi connectivity index (χ0) is 13.7. The molecular weight excluding hydrogens is 296 g/mol. The van der Waals surface area contributed by atoms with Gasteiger partial charge in [-0.3, -0.25) is 9.59 Å². The van der Waals surface area contributed by atoms with Crippen molar-refractivity contribution in [2.75, 3.05) is 7.11 Å². The van der Waals surface area contributed by atoms with E-state index in [4.69, 9.17) is 4.74 Å². The van der Waals surface area contributed by atoms with Crippen molar-refractivity contribution in [1.29, 1.82) is 0 Å². The van der Waals surface area contributed by atoms with Gasteiger partial charge in [-0.25, -0.2) is 0 Å². The number of Topliss-reactive ketones (excluding diaryl/α,β-unsaturated/α-hetero) is 2. The topological polar surface area (TPSA) is 43.4 Å². The van der Waals surface area contributed by atoms with Gasteiger partial charge in [-0.15, -0.1) is 0 Å². The molecule has 0 aromatic heterocycles. The minimum Gasteiger partial charge on any atom is -0.497 e. The number of aryl methyl sites for hydroxylation is 1. The summed E-state index contributed by atoms with van der Waals surface area (Å²) in [6, 6.07) is 5.69. The number of methoxy groups -OCH3 is 1. The van der Waals surface area contributed by atoms with Crippen molar-refractivity contribution < 1.29 is 14.3 Å². The average Bonchev–Trinajstić information content (AvgIpc) is 2.30. The highest BCUT2D eigenvalue weighted by molar-refractivity contribution is 9.10. The standard InChI is InChI=1S/C14H17BrO3/c1-9(16)13(10(2)17)6-4-11-8-12(18-3)5-7-14(11)15/h5,7-8,13H,4,6H2,1-3H3. The van der Waals surface area contributed by atoms with Gasteiger partial charge < -0.3 is 4.74 Å². The van der Waals surface area contributed by atoms with Gasteiger partial charge >= 0.3 is 0 Å². The molecule has 3 nitrogen and oxygen atoms in total. The van der Waals surface area contributed by atoms with Crippen LogP contribution in [0.4, 0.5) is 0 Å². The molecule has 0 atom stereocenters. The molecule has 0 unspecified atom stereocenters. The number of halogens is 1. The predicted octanol–water partition coefficient (Wildman–Crippen LogP) is 3.18. The second-order valence-corrected chi connectivity index (χ2v) is 5.12. The van der Waals surface area contributed by atoms with E-state index in [1.54, 1.807) is 7.11 Å². The lowest BCUT2D eigenvalue weighted by molar-refractivity contribution is -0.130. The molecule has 4 heteroatoms. The summed E-state index contributed by atoms with van der Waals surface area (Å²) in [5.74, 6) is 0.140. The van der Waals surface area contributed by atoms with Gasteiger partial charge in [-0.05, 0) is 50.5 Å². The van der Waals surface area contributed by atoms with E-state index in [9.17, 15) is 9.59 Å². The molecule has 0 heterocycles. The monoisotopic (exact) mass is 312 g/mol. The number of benzene rings is 1. The average molecular weight is 313 g/mol. The molecule has 0 fully saturated rings. The Labute approximate surface area is 116 Å². The lowest BCUT2D eigenvalue weighted by Crippen LogP contribution is -2.20. The third kappa shape index (κ3) is 3.95. The van der Waals surface area contributed by atoms with E-state index in [1.165, 1.54) is 13.8 Å². The fourth-order valence-corrected chi connectivity index (χ4v) is 2.31. The van der Waals surface area contributed by atoms with Crippen molar-refractivity contribution >= 4 is 27.5 Å². The van der Waals surface area contributed by atoms with Gasteiger partial charge in [0.2, 0.25) is 0 Å². The Bertz CT molecular complexity index is 440. The molecule has 0 spiro atoms. The molecule has 0 radical (unpaired) electrons. The predicted molar refractivity (Wildman–Crippen MR) is 73.9 cm³/mol. The molecule has 98 valence electrons. The number of ether oxygens (including phenoxy) is 1. The second-order valence-electron chi connectivity index (χ2n) is 4.27. The van der Waals surface area contributed by atoms with Gasteiger partial charge in [0.05, 0.1) is 13.0 Å². The molecule has 0 aliphatic carbocycles. The number of hydrogen-bond acceptors (Lipinski definition) is 3. The third-order valence-corrected chi connectivity index (χ3v) is 3.71. The fourth-order valence-electron chi connectivity index (χ4n) is 1.86. The number of carbonyl (C=O) groups excluding carboxylic acids is 2. The lowest BCUT2D eigenvalue weighted by atomic mass is 9.93. The van der Waals surface area contributed by atoms with Crippen molar-refractivity contribution in [3.8, 4) is 5.75 Å². The molecule has 0 saturated heterocycles. The largest absolute Gasteiger partial charge is 0.497 e. The van der Waals surface area contributed by atoms with Gasteiger partial charge in [-0.1, -0.05) is 15.9 Å². The normalized spacial score (nSPS) is 10.5. The maximum Gasteiger partial charge on any atom is 0.140 e. The van der Waals surface area contributed by atoms with E-state index in [0.29, 0.717) is 12.8 Å². The van der Waals surface area contributed by atoms with E-state index in [-0.39, 0.29) is 11.6 Å². The Balaban J connectivity index is 2.78. The summed E-state index contributed by atoms with van der Waals surface area (Å²) in [5, 5.41) is 0. The van der Waals surface area contributed by atoms with Gasteiger partial charge in [-0.2, -0.15) is 0 Å². The van der Waals surface area contributed by atoms with Crippen LogP contribution in [0.5, 0.6) is 5.75 Å². The van der Waals surface area contributed by atoms with E-state index < -0.39 is 5.92 Å². The van der Waals surface area contributed by atoms with Crippen LogP contribution in [0.1, 0.15) is 25.8 Å². The molecule has 1 aromatic rings. The summed E-state index contributed by atoms with van der Waals surface area (Å²) in [5.41, 5.74) is 1.04. The first-order valence-corrected chi connectivity index (χ1v) is 6.58. The molecule has 0 N–H and O–H groups in total. The minimum absolute atomic E-state index is 0.0680. The summed E-state index contributed by atoms with van der Waals surface area (Å²) in [4.78, 5) is 22.7. The molecule has 1 rings (SSSR count). The Morgan fingerprint density at radius 3 is 2.39 bits per heavy atom. The van der Waals surface area contributed by atoms with Gasteiger partial charge in [0.1, 0.15) is 17.3 Å². The van der Waals surface area contributed by atoms with Crippen LogP contribution in [0, 0.1) is 5.92 Å². The van der Waals surface area contributed by atoms with Crippen molar-refractivity contribution in [2.24, 2.45) is 5.92 Å². The van der Waals surface area contributed by atoms with Gasteiger partial charge in [0, 0.05) is 4.47 Å². The Morgan fingerprint density at radius 1 is 1.28 bits per heavy atom. The van der Waals surface area contributed by atoms with Crippen LogP contribution < -0.4 is 4.74 Å². The Hall–Kier alpha value is -1.16. The molecule has 0 saturated carbocycles. The van der Waals surface area contributed by atoms with Crippen LogP contribution in [0.25, 0.3) is 0 Å². The molecular formula is C14H17BrO3. The van der Waals surface area contributed by atoms with Crippen LogP contribution >= 0.6 is 15.9 Å². The zero-order valence-electron chi connectivity index (χ0n) is 10.8. The maximum atomic E-state index is 11.4. The molecule has 18 heavy (non-hydrogen) atoms. The lowest BCUT2D eigenvalue weighted by Gasteiger charge is -2.11. The number of ketones is 2. The van der Waals surface area contributed by atoms with Crippen molar-refractivity contribution in [3.05, 3.63) is 28.2 Å². The Morgan fingerprint density at radius 2 is 1.89 bits per heavy atom. The number of carbonyl (C=O) groups is 2. The first-order valence-electron chi connectivity index (χ1n) is 5.79. The molecule has 0 bridgehead atoms. The molecule has 0 aliphatic heterocycles. The van der Waals surface area contributed by atoms with Crippen LogP contribution in [0.15, 0.2) is 22.7 Å². The maximum absolute atomic E-state index is 11.4. The van der Waals surface area contributed by atoms with Crippen LogP contribution in [0.3, 0.4) is 0 Å². The Kier molecular flexibility index (Phi) is 5.54. The van der Waals surface area contributed by atoms with E-state index in [0.717, 1.165) is 15.8 Å². The quantitative estimate of drug-likeness (QED) is 0.758. The summed E-state index contributed by atoms with van der Waals surface area (Å²) < 4.78 is 6.12. The highest BCUT2D eigenvalue weighted by Gasteiger charge is 2.19. The summed E-state index contributed by atoms with van der Waals surface area (Å²) >= 11 is 3.46. The van der Waals surface area contributed by atoms with Crippen molar-refractivity contribution in [3.63, 3.8) is 0 Å². The minimum atomic E-state index is -0.497. The zero-order valence-corrected chi connectivity index (χ0v) is 12.4. The summed E-state index contributed by atoms with van der Waals surface area (Å²) in [6.07, 6.45) is 1.21. The highest BCUT2D eigenvalue weighted by Crippen LogP contribution is 2.25. The van der Waals surface area contributed by atoms with Crippen molar-refractivity contribution in [1.82, 2.24) is 0 Å². The van der Waals surface area contributed by atoms with Gasteiger partial charge in [0.25, 0.3) is 0 Å². The highest BCUT2D eigenvalue weighted by atomic mass is 79.9. The summed E-state index contributed by atoms with van der Waals surface area (Å²) in [7, 11) is 1.61. The molecule has 0 aliphatic rings. The first kappa shape index (κ1) is 14.9. The fraction of sp³-hybridized carbons (Fsp3) is 0.429. The third-order valence-electron chi connectivity index (χ3n) is 2.94. The van der Waals surface area contributed by atoms with E-state index >= 15 is 0 Å². The second kappa shape index (κ2) is 6.69. The molecule has 1 aromatic carbocycles. The number of rotatable bonds is 6. The smallest absolute Gasteiger partial charge is 0.140 e. The SMILES string of the molecule is COc1ccc(Br)c(CCC(C(C)=O)C(C)=O)c1. The van der Waals surface area contributed by atoms with E-state index in [2.05, 4.69) is 15.9 Å². The first-order chi connectivity index (χ1) is 8.45. The van der Waals surface area contributed by atoms with Crippen LogP contribution in [-0.4, -0.2) is 18.7 Å². The summed E-state index contributed by atoms with van der Waals surface area (Å²) in [6.45, 7) is 2.93. The van der Waals surface area contributed by atoms with Crippen LogP contribution in [-0.2, 0) is 16.0 Å². The van der Waals surface area contributed by atoms with E-state index in [1.807, 2.05) is 18.2 Å². The van der Waals surface area contributed by atoms with Gasteiger partial charge in [0.15, 0.2) is 0 Å². The molecule has 0 amide bonds. The van der Waals surface area contributed by atoms with Crippen LogP contribution in [0.2, 0.25) is 0 Å². The van der Waals surface area contributed by atoms with Crippen molar-refractivity contribution in [2.45, 2.75) is 26.7 Å².